The number of aryl methyl sites for hydroxylation is 1. The van der Waals surface area contributed by atoms with E-state index in [0.29, 0.717) is 18.0 Å². The minimum absolute atomic E-state index is 0.170. The third-order valence-corrected chi connectivity index (χ3v) is 7.41. The second-order valence-electron chi connectivity index (χ2n) is 6.79. The maximum Gasteiger partial charge on any atom is 0.261 e. The molecule has 0 aliphatic heterocycles. The molecule has 154 valence electrons. The lowest BCUT2D eigenvalue weighted by Gasteiger charge is -2.06. The fraction of sp³-hybridized carbons (Fsp3) is 0.190. The van der Waals surface area contributed by atoms with Gasteiger partial charge in [-0.25, -0.2) is 8.42 Å². The average molecular weight is 441 g/mol. The Morgan fingerprint density at radius 3 is 2.67 bits per heavy atom. The molecule has 0 fully saturated rings. The normalized spacial score (nSPS) is 11.6. The van der Waals surface area contributed by atoms with Crippen LogP contribution in [0.2, 0.25) is 0 Å². The summed E-state index contributed by atoms with van der Waals surface area (Å²) in [7, 11) is -3.62. The summed E-state index contributed by atoms with van der Waals surface area (Å²) in [6, 6.07) is 10.2. The van der Waals surface area contributed by atoms with Crippen molar-refractivity contribution in [3.8, 4) is 0 Å². The molecule has 0 aliphatic rings. The highest BCUT2D eigenvalue weighted by Crippen LogP contribution is 2.24. The van der Waals surface area contributed by atoms with E-state index in [1.54, 1.807) is 47.5 Å². The van der Waals surface area contributed by atoms with Crippen molar-refractivity contribution in [2.75, 3.05) is 0 Å². The van der Waals surface area contributed by atoms with E-state index in [2.05, 4.69) is 15.4 Å². The zero-order valence-corrected chi connectivity index (χ0v) is 17.9. The Morgan fingerprint density at radius 2 is 1.93 bits per heavy atom. The molecule has 0 spiro atoms. The number of carbonyl (C=O) groups excluding carboxylic acids is 1. The van der Waals surface area contributed by atoms with Gasteiger partial charge in [0, 0.05) is 31.7 Å². The Bertz CT molecular complexity index is 1260. The largest absolute Gasteiger partial charge is 0.347 e. The maximum absolute atomic E-state index is 12.8. The van der Waals surface area contributed by atoms with Crippen LogP contribution in [0.5, 0.6) is 0 Å². The van der Waals surface area contributed by atoms with E-state index in [1.165, 1.54) is 17.5 Å². The molecule has 3 aromatic heterocycles. The maximum atomic E-state index is 12.8. The summed E-state index contributed by atoms with van der Waals surface area (Å²) >= 11 is 1.39. The molecule has 7 nitrogen and oxygen atoms in total. The van der Waals surface area contributed by atoms with Crippen LogP contribution < -0.4 is 5.32 Å². The van der Waals surface area contributed by atoms with Crippen LogP contribution in [0.25, 0.3) is 10.1 Å². The van der Waals surface area contributed by atoms with Gasteiger partial charge in [0.25, 0.3) is 5.91 Å². The molecular weight excluding hydrogens is 420 g/mol. The van der Waals surface area contributed by atoms with Gasteiger partial charge in [-0.2, -0.15) is 5.10 Å². The Morgan fingerprint density at radius 1 is 1.13 bits per heavy atom. The van der Waals surface area contributed by atoms with E-state index >= 15 is 0 Å². The van der Waals surface area contributed by atoms with Gasteiger partial charge in [0.15, 0.2) is 0 Å². The summed E-state index contributed by atoms with van der Waals surface area (Å²) in [5.74, 6) is -0.170. The van der Waals surface area contributed by atoms with Crippen molar-refractivity contribution in [3.05, 3.63) is 71.6 Å². The fourth-order valence-corrected chi connectivity index (χ4v) is 5.18. The summed E-state index contributed by atoms with van der Waals surface area (Å²) < 4.78 is 28.1. The van der Waals surface area contributed by atoms with Gasteiger partial charge < -0.3 is 5.32 Å². The van der Waals surface area contributed by atoms with E-state index in [9.17, 15) is 13.2 Å². The van der Waals surface area contributed by atoms with Crippen LogP contribution in [0.3, 0.4) is 0 Å². The van der Waals surface area contributed by atoms with Crippen LogP contribution in [0.4, 0.5) is 0 Å². The van der Waals surface area contributed by atoms with Crippen LogP contribution in [0.1, 0.15) is 28.6 Å². The summed E-state index contributed by atoms with van der Waals surface area (Å²) in [6.07, 6.45) is 7.23. The SMILES string of the molecule is CCCn1cc(S(=O)(=O)c2ccc(CNC(=O)c3cc4ccncc4s3)cc2)cn1. The number of fused-ring (bicyclic) bond motifs is 1. The number of nitrogens with zero attached hydrogens (tertiary/aromatic N) is 3. The highest BCUT2D eigenvalue weighted by Gasteiger charge is 2.19. The molecule has 0 bridgehead atoms. The number of amides is 1. The van der Waals surface area contributed by atoms with E-state index in [0.717, 1.165) is 22.1 Å². The van der Waals surface area contributed by atoms with Crippen LogP contribution in [-0.4, -0.2) is 29.1 Å². The summed E-state index contributed by atoms with van der Waals surface area (Å²) in [5, 5.41) is 7.95. The standard InChI is InChI=1S/C21H20N4O3S2/c1-2-9-25-14-18(12-24-25)30(27,28)17-5-3-15(4-6-17)11-23-21(26)19-10-16-7-8-22-13-20(16)29-19/h3-8,10,12-14H,2,9,11H2,1H3,(H,23,26). The average Bonchev–Trinajstić information content (AvgIpc) is 3.40. The van der Waals surface area contributed by atoms with Crippen LogP contribution >= 0.6 is 11.3 Å². The summed E-state index contributed by atoms with van der Waals surface area (Å²) in [6.45, 7) is 2.98. The van der Waals surface area contributed by atoms with Crippen molar-refractivity contribution in [2.24, 2.45) is 0 Å². The molecule has 1 amide bonds. The smallest absolute Gasteiger partial charge is 0.261 e. The molecule has 0 saturated carbocycles. The second-order valence-corrected chi connectivity index (χ2v) is 9.83. The Labute approximate surface area is 178 Å². The molecule has 0 radical (unpaired) electrons. The minimum Gasteiger partial charge on any atom is -0.347 e. The van der Waals surface area contributed by atoms with Crippen LogP contribution in [0, 0.1) is 0 Å². The Hall–Kier alpha value is -3.04. The highest BCUT2D eigenvalue weighted by molar-refractivity contribution is 7.91. The molecular formula is C21H20N4O3S2. The molecule has 0 aliphatic carbocycles. The van der Waals surface area contributed by atoms with Crippen molar-refractivity contribution >= 4 is 37.2 Å². The molecule has 0 unspecified atom stereocenters. The Kier molecular flexibility index (Phi) is 5.65. The fourth-order valence-electron chi connectivity index (χ4n) is 3.02. The molecule has 4 aromatic rings. The van der Waals surface area contributed by atoms with Crippen molar-refractivity contribution in [1.82, 2.24) is 20.1 Å². The lowest BCUT2D eigenvalue weighted by atomic mass is 10.2. The number of aromatic nitrogens is 3. The van der Waals surface area contributed by atoms with E-state index in [-0.39, 0.29) is 15.7 Å². The number of hydrogen-bond donors (Lipinski definition) is 1. The summed E-state index contributed by atoms with van der Waals surface area (Å²) in [5.41, 5.74) is 0.812. The Balaban J connectivity index is 1.43. The van der Waals surface area contributed by atoms with Gasteiger partial charge in [-0.05, 0) is 41.6 Å². The van der Waals surface area contributed by atoms with Gasteiger partial charge >= 0.3 is 0 Å². The van der Waals surface area contributed by atoms with Crippen LogP contribution in [-0.2, 0) is 22.9 Å². The number of pyridine rings is 1. The van der Waals surface area contributed by atoms with Gasteiger partial charge in [0.1, 0.15) is 4.90 Å². The lowest BCUT2D eigenvalue weighted by molar-refractivity contribution is 0.0955. The number of benzene rings is 1. The first-order valence-corrected chi connectivity index (χ1v) is 11.8. The topological polar surface area (TPSA) is 94.0 Å². The first kappa shape index (κ1) is 20.2. The van der Waals surface area contributed by atoms with Gasteiger partial charge in [-0.15, -0.1) is 11.3 Å². The molecule has 9 heteroatoms. The summed E-state index contributed by atoms with van der Waals surface area (Å²) in [4.78, 5) is 17.5. The van der Waals surface area contributed by atoms with Gasteiger partial charge in [0.05, 0.1) is 20.7 Å². The third-order valence-electron chi connectivity index (χ3n) is 4.61. The second kappa shape index (κ2) is 8.37. The van der Waals surface area contributed by atoms with Crippen molar-refractivity contribution in [2.45, 2.75) is 36.2 Å². The zero-order chi connectivity index (χ0) is 21.1. The third kappa shape index (κ3) is 4.12. The number of nitrogens with one attached hydrogen (secondary N) is 1. The van der Waals surface area contributed by atoms with E-state index in [1.807, 2.05) is 19.1 Å². The predicted octanol–water partition coefficient (Wildman–Crippen LogP) is 3.67. The first-order valence-electron chi connectivity index (χ1n) is 9.45. The van der Waals surface area contributed by atoms with Gasteiger partial charge in [-0.3, -0.25) is 14.5 Å². The molecule has 4 rings (SSSR count). The zero-order valence-electron chi connectivity index (χ0n) is 16.3. The molecule has 30 heavy (non-hydrogen) atoms. The van der Waals surface area contributed by atoms with Crippen molar-refractivity contribution < 1.29 is 13.2 Å². The number of rotatable bonds is 7. The number of sulfone groups is 1. The number of carbonyl (C=O) groups is 1. The van der Waals surface area contributed by atoms with Crippen LogP contribution in [0.15, 0.2) is 71.0 Å². The molecule has 0 atom stereocenters. The molecule has 0 saturated heterocycles. The van der Waals surface area contributed by atoms with E-state index < -0.39 is 9.84 Å². The van der Waals surface area contributed by atoms with Gasteiger partial charge in [0.2, 0.25) is 9.84 Å². The van der Waals surface area contributed by atoms with E-state index in [4.69, 9.17) is 0 Å². The quantitative estimate of drug-likeness (QED) is 0.473. The predicted molar refractivity (Wildman–Crippen MR) is 115 cm³/mol. The number of hydrogen-bond acceptors (Lipinski definition) is 6. The van der Waals surface area contributed by atoms with Crippen molar-refractivity contribution in [3.63, 3.8) is 0 Å². The number of thiophene rings is 1. The molecule has 3 heterocycles. The first-order chi connectivity index (χ1) is 14.5. The monoisotopic (exact) mass is 440 g/mol. The van der Waals surface area contributed by atoms with Crippen molar-refractivity contribution in [1.29, 1.82) is 0 Å². The van der Waals surface area contributed by atoms with Gasteiger partial charge in [-0.1, -0.05) is 19.1 Å². The lowest BCUT2D eigenvalue weighted by Crippen LogP contribution is -2.21. The minimum atomic E-state index is -3.62. The molecule has 1 aromatic carbocycles. The highest BCUT2D eigenvalue weighted by atomic mass is 32.2. The molecule has 1 N–H and O–H groups in total.